The van der Waals surface area contributed by atoms with E-state index in [2.05, 4.69) is 21.2 Å². The molecule has 1 N–H and O–H groups in total. The molecule has 0 saturated heterocycles. The molecular weight excluding hydrogens is 312 g/mol. The zero-order valence-corrected chi connectivity index (χ0v) is 11.3. The third-order valence-corrected chi connectivity index (χ3v) is 2.89. The number of nitro benzene ring substituents is 1. The molecular formula is C13H9BrN2O3. The number of carbonyl (C=O) groups excluding carboxylic acids is 1. The molecule has 0 radical (unpaired) electrons. The first kappa shape index (κ1) is 13.2. The molecule has 0 unspecified atom stereocenters. The quantitative estimate of drug-likeness (QED) is 0.693. The van der Waals surface area contributed by atoms with Crippen molar-refractivity contribution in [3.05, 3.63) is 68.7 Å². The molecule has 2 rings (SSSR count). The second kappa shape index (κ2) is 5.62. The van der Waals surface area contributed by atoms with Crippen LogP contribution in [0.25, 0.3) is 0 Å². The van der Waals surface area contributed by atoms with Gasteiger partial charge in [-0.15, -0.1) is 0 Å². The van der Waals surface area contributed by atoms with Crippen LogP contribution >= 0.6 is 15.9 Å². The molecule has 6 heteroatoms. The molecule has 5 nitrogen and oxygen atoms in total. The average Bonchev–Trinajstić information content (AvgIpc) is 2.39. The second-order valence-corrected chi connectivity index (χ2v) is 4.69. The molecule has 0 spiro atoms. The van der Waals surface area contributed by atoms with E-state index in [1.807, 2.05) is 6.07 Å². The van der Waals surface area contributed by atoms with E-state index in [0.717, 1.165) is 4.47 Å². The van der Waals surface area contributed by atoms with Crippen molar-refractivity contribution in [2.24, 2.45) is 0 Å². The van der Waals surface area contributed by atoms with Gasteiger partial charge in [-0.05, 0) is 24.3 Å². The second-order valence-electron chi connectivity index (χ2n) is 3.77. The van der Waals surface area contributed by atoms with Gasteiger partial charge in [0.05, 0.1) is 4.92 Å². The van der Waals surface area contributed by atoms with Crippen LogP contribution in [0.2, 0.25) is 0 Å². The van der Waals surface area contributed by atoms with Crippen LogP contribution in [-0.2, 0) is 0 Å². The van der Waals surface area contributed by atoms with E-state index in [1.165, 1.54) is 18.2 Å². The highest BCUT2D eigenvalue weighted by Crippen LogP contribution is 2.18. The molecule has 0 aromatic heterocycles. The van der Waals surface area contributed by atoms with Crippen LogP contribution in [0.3, 0.4) is 0 Å². The lowest BCUT2D eigenvalue weighted by molar-refractivity contribution is -0.384. The SMILES string of the molecule is O=C(Nc1cccc([N+](=O)[O-])c1)c1cccc(Br)c1. The molecule has 0 aliphatic heterocycles. The maximum Gasteiger partial charge on any atom is 0.271 e. The number of nitro groups is 1. The summed E-state index contributed by atoms with van der Waals surface area (Å²) in [6, 6.07) is 12.7. The zero-order chi connectivity index (χ0) is 13.8. The molecule has 19 heavy (non-hydrogen) atoms. The van der Waals surface area contributed by atoms with Gasteiger partial charge in [0.1, 0.15) is 0 Å². The van der Waals surface area contributed by atoms with Gasteiger partial charge in [-0.25, -0.2) is 0 Å². The first-order valence-electron chi connectivity index (χ1n) is 5.37. The number of hydrogen-bond donors (Lipinski definition) is 1. The molecule has 0 fully saturated rings. The van der Waals surface area contributed by atoms with E-state index in [-0.39, 0.29) is 11.6 Å². The van der Waals surface area contributed by atoms with Crippen LogP contribution in [0.15, 0.2) is 53.0 Å². The lowest BCUT2D eigenvalue weighted by Gasteiger charge is -2.05. The monoisotopic (exact) mass is 320 g/mol. The lowest BCUT2D eigenvalue weighted by atomic mass is 10.2. The average molecular weight is 321 g/mol. The van der Waals surface area contributed by atoms with E-state index in [4.69, 9.17) is 0 Å². The van der Waals surface area contributed by atoms with Gasteiger partial charge >= 0.3 is 0 Å². The fraction of sp³-hybridized carbons (Fsp3) is 0. The van der Waals surface area contributed by atoms with Gasteiger partial charge in [0.2, 0.25) is 0 Å². The molecule has 0 bridgehead atoms. The minimum Gasteiger partial charge on any atom is -0.322 e. The Balaban J connectivity index is 2.19. The van der Waals surface area contributed by atoms with Crippen molar-refractivity contribution < 1.29 is 9.72 Å². The standard InChI is InChI=1S/C13H9BrN2O3/c14-10-4-1-3-9(7-10)13(17)15-11-5-2-6-12(8-11)16(18)19/h1-8H,(H,15,17). The highest BCUT2D eigenvalue weighted by Gasteiger charge is 2.09. The summed E-state index contributed by atoms with van der Waals surface area (Å²) in [6.07, 6.45) is 0. The van der Waals surface area contributed by atoms with E-state index >= 15 is 0 Å². The molecule has 0 aliphatic rings. The highest BCUT2D eigenvalue weighted by molar-refractivity contribution is 9.10. The van der Waals surface area contributed by atoms with Gasteiger partial charge in [-0.2, -0.15) is 0 Å². The molecule has 0 saturated carbocycles. The molecule has 0 heterocycles. The van der Waals surface area contributed by atoms with Crippen LogP contribution in [0.4, 0.5) is 11.4 Å². The number of non-ortho nitro benzene ring substituents is 1. The van der Waals surface area contributed by atoms with Gasteiger partial charge < -0.3 is 5.32 Å². The first-order valence-corrected chi connectivity index (χ1v) is 6.17. The Morgan fingerprint density at radius 1 is 1.16 bits per heavy atom. The molecule has 0 atom stereocenters. The Hall–Kier alpha value is -2.21. The van der Waals surface area contributed by atoms with Gasteiger partial charge in [0.15, 0.2) is 0 Å². The Kier molecular flexibility index (Phi) is 3.91. The Bertz CT molecular complexity index is 643. The number of hydrogen-bond acceptors (Lipinski definition) is 3. The van der Waals surface area contributed by atoms with E-state index in [9.17, 15) is 14.9 Å². The van der Waals surface area contributed by atoms with Crippen molar-refractivity contribution in [3.63, 3.8) is 0 Å². The fourth-order valence-corrected chi connectivity index (χ4v) is 1.93. The summed E-state index contributed by atoms with van der Waals surface area (Å²) in [5.41, 5.74) is 0.798. The summed E-state index contributed by atoms with van der Waals surface area (Å²) in [7, 11) is 0. The van der Waals surface area contributed by atoms with Gasteiger partial charge in [0, 0.05) is 27.9 Å². The number of anilines is 1. The number of carbonyl (C=O) groups is 1. The molecule has 2 aromatic rings. The van der Waals surface area contributed by atoms with Crippen LogP contribution in [-0.4, -0.2) is 10.8 Å². The largest absolute Gasteiger partial charge is 0.322 e. The maximum atomic E-state index is 11.9. The Morgan fingerprint density at radius 2 is 1.89 bits per heavy atom. The summed E-state index contributed by atoms with van der Waals surface area (Å²) in [5.74, 6) is -0.318. The summed E-state index contributed by atoms with van der Waals surface area (Å²) < 4.78 is 0.791. The summed E-state index contributed by atoms with van der Waals surface area (Å²) in [6.45, 7) is 0. The Morgan fingerprint density at radius 3 is 2.58 bits per heavy atom. The van der Waals surface area contributed by atoms with Gasteiger partial charge in [-0.1, -0.05) is 28.1 Å². The smallest absolute Gasteiger partial charge is 0.271 e. The highest BCUT2D eigenvalue weighted by atomic mass is 79.9. The van der Waals surface area contributed by atoms with Crippen molar-refractivity contribution >= 4 is 33.2 Å². The van der Waals surface area contributed by atoms with Gasteiger partial charge in [-0.3, -0.25) is 14.9 Å². The summed E-state index contributed by atoms with van der Waals surface area (Å²) in [5, 5.41) is 13.3. The summed E-state index contributed by atoms with van der Waals surface area (Å²) in [4.78, 5) is 22.1. The van der Waals surface area contributed by atoms with Gasteiger partial charge in [0.25, 0.3) is 11.6 Å². The number of benzene rings is 2. The number of nitrogens with one attached hydrogen (secondary N) is 1. The van der Waals surface area contributed by atoms with E-state index in [0.29, 0.717) is 11.3 Å². The van der Waals surface area contributed by atoms with E-state index in [1.54, 1.807) is 24.3 Å². The van der Waals surface area contributed by atoms with Crippen molar-refractivity contribution in [3.8, 4) is 0 Å². The third kappa shape index (κ3) is 3.38. The summed E-state index contributed by atoms with van der Waals surface area (Å²) >= 11 is 3.28. The molecule has 0 aliphatic carbocycles. The van der Waals surface area contributed by atoms with Crippen LogP contribution in [0.5, 0.6) is 0 Å². The minimum absolute atomic E-state index is 0.0629. The molecule has 96 valence electrons. The number of nitrogens with zero attached hydrogens (tertiary/aromatic N) is 1. The lowest BCUT2D eigenvalue weighted by Crippen LogP contribution is -2.11. The first-order chi connectivity index (χ1) is 9.06. The Labute approximate surface area is 117 Å². The minimum atomic E-state index is -0.505. The fourth-order valence-electron chi connectivity index (χ4n) is 1.53. The van der Waals surface area contributed by atoms with Crippen molar-refractivity contribution in [1.82, 2.24) is 0 Å². The number of halogens is 1. The van der Waals surface area contributed by atoms with Crippen molar-refractivity contribution in [2.45, 2.75) is 0 Å². The van der Waals surface area contributed by atoms with Crippen molar-refractivity contribution in [1.29, 1.82) is 0 Å². The topological polar surface area (TPSA) is 72.2 Å². The zero-order valence-electron chi connectivity index (χ0n) is 9.67. The van der Waals surface area contributed by atoms with E-state index < -0.39 is 4.92 Å². The maximum absolute atomic E-state index is 11.9. The predicted octanol–water partition coefficient (Wildman–Crippen LogP) is 3.61. The predicted molar refractivity (Wildman–Crippen MR) is 75.2 cm³/mol. The van der Waals surface area contributed by atoms with Crippen molar-refractivity contribution in [2.75, 3.05) is 5.32 Å². The van der Waals surface area contributed by atoms with Crippen LogP contribution in [0.1, 0.15) is 10.4 Å². The van der Waals surface area contributed by atoms with Crippen LogP contribution < -0.4 is 5.32 Å². The molecule has 2 aromatic carbocycles. The van der Waals surface area contributed by atoms with Crippen LogP contribution in [0, 0.1) is 10.1 Å². The number of rotatable bonds is 3. The normalized spacial score (nSPS) is 9.95. The molecule has 1 amide bonds. The number of amides is 1. The third-order valence-electron chi connectivity index (χ3n) is 2.40.